The SMILES string of the molecule is COCC(O)CCNC(=O)CC1CCCCCC1. The van der Waals surface area contributed by atoms with Gasteiger partial charge in [-0.3, -0.25) is 4.79 Å². The summed E-state index contributed by atoms with van der Waals surface area (Å²) in [4.78, 5) is 11.7. The van der Waals surface area contributed by atoms with E-state index in [0.29, 0.717) is 31.9 Å². The molecule has 1 fully saturated rings. The zero-order valence-corrected chi connectivity index (χ0v) is 11.5. The Balaban J connectivity index is 2.09. The van der Waals surface area contributed by atoms with Crippen molar-refractivity contribution < 1.29 is 14.6 Å². The number of amides is 1. The van der Waals surface area contributed by atoms with E-state index in [9.17, 15) is 9.90 Å². The summed E-state index contributed by atoms with van der Waals surface area (Å²) in [7, 11) is 1.56. The molecule has 0 aromatic carbocycles. The van der Waals surface area contributed by atoms with Crippen molar-refractivity contribution in [2.24, 2.45) is 5.92 Å². The molecule has 1 saturated carbocycles. The lowest BCUT2D eigenvalue weighted by molar-refractivity contribution is -0.122. The first-order chi connectivity index (χ1) is 8.72. The normalized spacial score (nSPS) is 19.2. The molecule has 0 radical (unpaired) electrons. The molecule has 1 aliphatic carbocycles. The van der Waals surface area contributed by atoms with Crippen molar-refractivity contribution in [3.63, 3.8) is 0 Å². The summed E-state index contributed by atoms with van der Waals surface area (Å²) < 4.78 is 4.83. The molecule has 0 spiro atoms. The highest BCUT2D eigenvalue weighted by Crippen LogP contribution is 2.25. The Kier molecular flexibility index (Phi) is 8.01. The molecule has 4 heteroatoms. The van der Waals surface area contributed by atoms with E-state index in [0.717, 1.165) is 0 Å². The average molecular weight is 257 g/mol. The van der Waals surface area contributed by atoms with Gasteiger partial charge in [-0.05, 0) is 25.2 Å². The molecule has 1 aliphatic rings. The van der Waals surface area contributed by atoms with Gasteiger partial charge in [0.2, 0.25) is 5.91 Å². The number of aliphatic hydroxyl groups is 1. The molecular formula is C14H27NO3. The van der Waals surface area contributed by atoms with Gasteiger partial charge in [0.15, 0.2) is 0 Å². The lowest BCUT2D eigenvalue weighted by atomic mass is 9.96. The molecule has 2 N–H and O–H groups in total. The standard InChI is InChI=1S/C14H27NO3/c1-18-11-13(16)8-9-15-14(17)10-12-6-4-2-3-5-7-12/h12-13,16H,2-11H2,1H3,(H,15,17). The van der Waals surface area contributed by atoms with Crippen LogP contribution in [0.2, 0.25) is 0 Å². The maximum atomic E-state index is 11.7. The van der Waals surface area contributed by atoms with Crippen molar-refractivity contribution >= 4 is 5.91 Å². The third-order valence-electron chi connectivity index (χ3n) is 3.61. The molecule has 0 bridgehead atoms. The molecule has 0 aliphatic heterocycles. The smallest absolute Gasteiger partial charge is 0.220 e. The van der Waals surface area contributed by atoms with Gasteiger partial charge in [0, 0.05) is 20.1 Å². The third kappa shape index (κ3) is 6.97. The van der Waals surface area contributed by atoms with Gasteiger partial charge in [-0.25, -0.2) is 0 Å². The largest absolute Gasteiger partial charge is 0.391 e. The van der Waals surface area contributed by atoms with Crippen molar-refractivity contribution in [1.82, 2.24) is 5.32 Å². The molecule has 0 aromatic rings. The van der Waals surface area contributed by atoms with Crippen LogP contribution in [0.15, 0.2) is 0 Å². The van der Waals surface area contributed by atoms with E-state index in [2.05, 4.69) is 5.32 Å². The summed E-state index contributed by atoms with van der Waals surface area (Å²) in [5.41, 5.74) is 0. The molecule has 18 heavy (non-hydrogen) atoms. The van der Waals surface area contributed by atoms with E-state index < -0.39 is 6.10 Å². The van der Waals surface area contributed by atoms with Crippen LogP contribution in [0.5, 0.6) is 0 Å². The summed E-state index contributed by atoms with van der Waals surface area (Å²) in [6.07, 6.45) is 8.30. The van der Waals surface area contributed by atoms with Crippen LogP contribution in [0.25, 0.3) is 0 Å². The van der Waals surface area contributed by atoms with E-state index in [1.807, 2.05) is 0 Å². The maximum absolute atomic E-state index is 11.7. The van der Waals surface area contributed by atoms with Crippen molar-refractivity contribution in [2.45, 2.75) is 57.5 Å². The molecular weight excluding hydrogens is 230 g/mol. The molecule has 1 unspecified atom stereocenters. The summed E-state index contributed by atoms with van der Waals surface area (Å²) in [5, 5.41) is 12.3. The lowest BCUT2D eigenvalue weighted by Crippen LogP contribution is -2.29. The number of nitrogens with one attached hydrogen (secondary N) is 1. The Morgan fingerprint density at radius 2 is 2.00 bits per heavy atom. The highest BCUT2D eigenvalue weighted by atomic mass is 16.5. The second kappa shape index (κ2) is 9.34. The Hall–Kier alpha value is -0.610. The van der Waals surface area contributed by atoms with Crippen LogP contribution < -0.4 is 5.32 Å². The van der Waals surface area contributed by atoms with E-state index in [1.54, 1.807) is 7.11 Å². The minimum atomic E-state index is -0.479. The number of hydrogen-bond donors (Lipinski definition) is 2. The highest BCUT2D eigenvalue weighted by molar-refractivity contribution is 5.76. The fraction of sp³-hybridized carbons (Fsp3) is 0.929. The first-order valence-corrected chi connectivity index (χ1v) is 7.16. The quantitative estimate of drug-likeness (QED) is 0.684. The Bertz CT molecular complexity index is 225. The number of hydrogen-bond acceptors (Lipinski definition) is 3. The summed E-state index contributed by atoms with van der Waals surface area (Å²) >= 11 is 0. The van der Waals surface area contributed by atoms with Gasteiger partial charge in [0.1, 0.15) is 0 Å². The molecule has 1 amide bonds. The van der Waals surface area contributed by atoms with Crippen LogP contribution in [-0.2, 0) is 9.53 Å². The average Bonchev–Trinajstić information content (AvgIpc) is 2.58. The van der Waals surface area contributed by atoms with Gasteiger partial charge in [-0.2, -0.15) is 0 Å². The molecule has 1 rings (SSSR count). The summed E-state index contributed by atoms with van der Waals surface area (Å²) in [6, 6.07) is 0. The fourth-order valence-corrected chi connectivity index (χ4v) is 2.56. The van der Waals surface area contributed by atoms with Crippen LogP contribution in [0.1, 0.15) is 51.4 Å². The monoisotopic (exact) mass is 257 g/mol. The number of aliphatic hydroxyl groups excluding tert-OH is 1. The van der Waals surface area contributed by atoms with Gasteiger partial charge in [-0.15, -0.1) is 0 Å². The van der Waals surface area contributed by atoms with Crippen LogP contribution in [0, 0.1) is 5.92 Å². The number of methoxy groups -OCH3 is 1. The number of rotatable bonds is 7. The zero-order chi connectivity index (χ0) is 13.2. The van der Waals surface area contributed by atoms with Gasteiger partial charge in [0.25, 0.3) is 0 Å². The lowest BCUT2D eigenvalue weighted by Gasteiger charge is -2.14. The van der Waals surface area contributed by atoms with Gasteiger partial charge >= 0.3 is 0 Å². The third-order valence-corrected chi connectivity index (χ3v) is 3.61. The molecule has 106 valence electrons. The Labute approximate surface area is 110 Å². The number of carbonyl (C=O) groups is 1. The minimum absolute atomic E-state index is 0.131. The Morgan fingerprint density at radius 3 is 2.61 bits per heavy atom. The Morgan fingerprint density at radius 1 is 1.33 bits per heavy atom. The van der Waals surface area contributed by atoms with Crippen LogP contribution >= 0.6 is 0 Å². The second-order valence-electron chi connectivity index (χ2n) is 5.31. The second-order valence-corrected chi connectivity index (χ2v) is 5.31. The highest BCUT2D eigenvalue weighted by Gasteiger charge is 2.15. The van der Waals surface area contributed by atoms with Crippen LogP contribution in [0.3, 0.4) is 0 Å². The van der Waals surface area contributed by atoms with Crippen LogP contribution in [0.4, 0.5) is 0 Å². The van der Waals surface area contributed by atoms with E-state index >= 15 is 0 Å². The minimum Gasteiger partial charge on any atom is -0.391 e. The first-order valence-electron chi connectivity index (χ1n) is 7.16. The molecule has 0 aromatic heterocycles. The number of ether oxygens (including phenoxy) is 1. The van der Waals surface area contributed by atoms with Crippen molar-refractivity contribution in [3.8, 4) is 0 Å². The van der Waals surface area contributed by atoms with Crippen molar-refractivity contribution in [3.05, 3.63) is 0 Å². The van der Waals surface area contributed by atoms with E-state index in [1.165, 1.54) is 38.5 Å². The summed E-state index contributed by atoms with van der Waals surface area (Å²) in [5.74, 6) is 0.697. The first kappa shape index (κ1) is 15.4. The molecule has 0 saturated heterocycles. The molecule has 4 nitrogen and oxygen atoms in total. The van der Waals surface area contributed by atoms with Gasteiger partial charge < -0.3 is 15.2 Å². The maximum Gasteiger partial charge on any atom is 0.220 e. The molecule has 1 atom stereocenters. The molecule has 0 heterocycles. The fourth-order valence-electron chi connectivity index (χ4n) is 2.56. The zero-order valence-electron chi connectivity index (χ0n) is 11.5. The predicted molar refractivity (Wildman–Crippen MR) is 71.3 cm³/mol. The summed E-state index contributed by atoms with van der Waals surface area (Å²) in [6.45, 7) is 0.870. The van der Waals surface area contributed by atoms with Crippen molar-refractivity contribution in [2.75, 3.05) is 20.3 Å². The van der Waals surface area contributed by atoms with Gasteiger partial charge in [-0.1, -0.05) is 25.7 Å². The number of carbonyl (C=O) groups excluding carboxylic acids is 1. The predicted octanol–water partition coefficient (Wildman–Crippen LogP) is 1.86. The van der Waals surface area contributed by atoms with E-state index in [4.69, 9.17) is 4.74 Å². The topological polar surface area (TPSA) is 58.6 Å². The van der Waals surface area contributed by atoms with Crippen LogP contribution in [-0.4, -0.2) is 37.4 Å². The van der Waals surface area contributed by atoms with Crippen molar-refractivity contribution in [1.29, 1.82) is 0 Å². The van der Waals surface area contributed by atoms with Gasteiger partial charge in [0.05, 0.1) is 12.7 Å². The van der Waals surface area contributed by atoms with E-state index in [-0.39, 0.29) is 5.91 Å².